The van der Waals surface area contributed by atoms with Crippen LogP contribution in [-0.4, -0.2) is 27.6 Å². The SMILES string of the molecule is CCOc1ccc(CN(Cc2cccnc2)C(=S)N[C@@H](C)CC)cc1. The molecule has 0 aliphatic carbocycles. The van der Waals surface area contributed by atoms with E-state index in [2.05, 4.69) is 47.2 Å². The Labute approximate surface area is 156 Å². The Kier molecular flexibility index (Phi) is 7.67. The molecular formula is C20H27N3OS. The summed E-state index contributed by atoms with van der Waals surface area (Å²) in [6, 6.07) is 12.6. The van der Waals surface area contributed by atoms with E-state index in [1.165, 1.54) is 5.56 Å². The van der Waals surface area contributed by atoms with Crippen molar-refractivity contribution < 1.29 is 4.74 Å². The molecule has 2 aromatic rings. The van der Waals surface area contributed by atoms with Crippen molar-refractivity contribution in [3.63, 3.8) is 0 Å². The van der Waals surface area contributed by atoms with Crippen LogP contribution in [0.4, 0.5) is 0 Å². The lowest BCUT2D eigenvalue weighted by Gasteiger charge is -2.28. The van der Waals surface area contributed by atoms with Crippen LogP contribution in [0.3, 0.4) is 0 Å². The largest absolute Gasteiger partial charge is 0.494 e. The lowest BCUT2D eigenvalue weighted by Crippen LogP contribution is -2.42. The van der Waals surface area contributed by atoms with Crippen LogP contribution in [-0.2, 0) is 13.1 Å². The van der Waals surface area contributed by atoms with Gasteiger partial charge in [0.25, 0.3) is 0 Å². The van der Waals surface area contributed by atoms with Gasteiger partial charge in [-0.2, -0.15) is 0 Å². The Balaban J connectivity index is 2.11. The van der Waals surface area contributed by atoms with E-state index in [1.807, 2.05) is 31.3 Å². The van der Waals surface area contributed by atoms with Crippen molar-refractivity contribution in [2.75, 3.05) is 6.61 Å². The van der Waals surface area contributed by atoms with Crippen molar-refractivity contribution in [2.45, 2.75) is 46.3 Å². The molecule has 0 unspecified atom stereocenters. The maximum atomic E-state index is 5.65. The third-order valence-electron chi connectivity index (χ3n) is 3.97. The van der Waals surface area contributed by atoms with E-state index in [1.54, 1.807) is 6.20 Å². The Morgan fingerprint density at radius 2 is 1.88 bits per heavy atom. The lowest BCUT2D eigenvalue weighted by molar-refractivity contribution is 0.339. The summed E-state index contributed by atoms with van der Waals surface area (Å²) in [5.74, 6) is 0.894. The molecule has 0 saturated carbocycles. The predicted molar refractivity (Wildman–Crippen MR) is 107 cm³/mol. The van der Waals surface area contributed by atoms with Crippen molar-refractivity contribution in [1.29, 1.82) is 0 Å². The number of hydrogen-bond acceptors (Lipinski definition) is 3. The molecule has 0 spiro atoms. The van der Waals surface area contributed by atoms with E-state index in [-0.39, 0.29) is 0 Å². The van der Waals surface area contributed by atoms with E-state index < -0.39 is 0 Å². The minimum atomic E-state index is 0.351. The first-order valence-electron chi connectivity index (χ1n) is 8.78. The number of thiocarbonyl (C=S) groups is 1. The minimum absolute atomic E-state index is 0.351. The molecule has 1 N–H and O–H groups in total. The first-order chi connectivity index (χ1) is 12.1. The van der Waals surface area contributed by atoms with Crippen LogP contribution in [0.25, 0.3) is 0 Å². The van der Waals surface area contributed by atoms with Gasteiger partial charge in [-0.15, -0.1) is 0 Å². The van der Waals surface area contributed by atoms with Gasteiger partial charge in [-0.05, 0) is 61.8 Å². The van der Waals surface area contributed by atoms with E-state index in [0.29, 0.717) is 12.6 Å². The molecule has 0 radical (unpaired) electrons. The van der Waals surface area contributed by atoms with Gasteiger partial charge in [0.2, 0.25) is 0 Å². The third-order valence-corrected chi connectivity index (χ3v) is 4.35. The molecule has 2 rings (SSSR count). The van der Waals surface area contributed by atoms with Crippen LogP contribution in [0.15, 0.2) is 48.8 Å². The summed E-state index contributed by atoms with van der Waals surface area (Å²) in [5.41, 5.74) is 2.34. The van der Waals surface area contributed by atoms with E-state index in [0.717, 1.165) is 35.9 Å². The molecule has 0 fully saturated rings. The van der Waals surface area contributed by atoms with E-state index in [9.17, 15) is 0 Å². The van der Waals surface area contributed by atoms with Gasteiger partial charge in [0, 0.05) is 31.5 Å². The number of nitrogens with zero attached hydrogens (tertiary/aromatic N) is 2. The highest BCUT2D eigenvalue weighted by Crippen LogP contribution is 2.15. The summed E-state index contributed by atoms with van der Waals surface area (Å²) >= 11 is 5.65. The average Bonchev–Trinajstić information content (AvgIpc) is 2.63. The van der Waals surface area contributed by atoms with Crippen LogP contribution >= 0.6 is 12.2 Å². The van der Waals surface area contributed by atoms with Gasteiger partial charge in [-0.25, -0.2) is 0 Å². The standard InChI is InChI=1S/C20H27N3OS/c1-4-16(3)22-20(25)23(15-18-7-6-12-21-13-18)14-17-8-10-19(11-9-17)24-5-2/h6-13,16H,4-5,14-15H2,1-3H3,(H,22,25)/t16-/m0/s1. The van der Waals surface area contributed by atoms with Crippen LogP contribution in [0.5, 0.6) is 5.75 Å². The Morgan fingerprint density at radius 1 is 1.16 bits per heavy atom. The Bertz CT molecular complexity index is 646. The van der Waals surface area contributed by atoms with Crippen LogP contribution in [0.1, 0.15) is 38.3 Å². The molecule has 0 aliphatic heterocycles. The quantitative estimate of drug-likeness (QED) is 0.718. The second-order valence-corrected chi connectivity index (χ2v) is 6.44. The fraction of sp³-hybridized carbons (Fsp3) is 0.400. The maximum absolute atomic E-state index is 5.65. The molecule has 0 bridgehead atoms. The van der Waals surface area contributed by atoms with Crippen molar-refractivity contribution in [3.8, 4) is 5.75 Å². The Hall–Kier alpha value is -2.14. The summed E-state index contributed by atoms with van der Waals surface area (Å²) < 4.78 is 5.52. The van der Waals surface area contributed by atoms with Crippen LogP contribution in [0, 0.1) is 0 Å². The molecule has 5 heteroatoms. The number of aromatic nitrogens is 1. The van der Waals surface area contributed by atoms with Crippen molar-refractivity contribution in [3.05, 3.63) is 59.9 Å². The predicted octanol–water partition coefficient (Wildman–Crippen LogP) is 4.16. The average molecular weight is 358 g/mol. The van der Waals surface area contributed by atoms with Gasteiger partial charge in [-0.1, -0.05) is 25.1 Å². The normalized spacial score (nSPS) is 11.6. The smallest absolute Gasteiger partial charge is 0.169 e. The van der Waals surface area contributed by atoms with Gasteiger partial charge in [-0.3, -0.25) is 4.98 Å². The van der Waals surface area contributed by atoms with Gasteiger partial charge < -0.3 is 15.0 Å². The zero-order chi connectivity index (χ0) is 18.1. The summed E-state index contributed by atoms with van der Waals surface area (Å²) in [6.07, 6.45) is 4.71. The van der Waals surface area contributed by atoms with Crippen molar-refractivity contribution in [1.82, 2.24) is 15.2 Å². The first-order valence-corrected chi connectivity index (χ1v) is 9.19. The van der Waals surface area contributed by atoms with Crippen molar-refractivity contribution >= 4 is 17.3 Å². The van der Waals surface area contributed by atoms with E-state index in [4.69, 9.17) is 17.0 Å². The number of benzene rings is 1. The fourth-order valence-corrected chi connectivity index (χ4v) is 2.72. The van der Waals surface area contributed by atoms with Gasteiger partial charge in [0.1, 0.15) is 5.75 Å². The summed E-state index contributed by atoms with van der Waals surface area (Å²) in [6.45, 7) is 8.43. The van der Waals surface area contributed by atoms with Gasteiger partial charge in [0.15, 0.2) is 5.11 Å². The molecule has 1 aromatic heterocycles. The van der Waals surface area contributed by atoms with Gasteiger partial charge >= 0.3 is 0 Å². The monoisotopic (exact) mass is 357 g/mol. The number of hydrogen-bond donors (Lipinski definition) is 1. The third kappa shape index (κ3) is 6.35. The molecule has 0 aliphatic rings. The molecule has 25 heavy (non-hydrogen) atoms. The van der Waals surface area contributed by atoms with Crippen molar-refractivity contribution in [2.24, 2.45) is 0 Å². The summed E-state index contributed by atoms with van der Waals surface area (Å²) in [4.78, 5) is 6.38. The topological polar surface area (TPSA) is 37.4 Å². The summed E-state index contributed by atoms with van der Waals surface area (Å²) in [5, 5.41) is 4.18. The van der Waals surface area contributed by atoms with Crippen LogP contribution < -0.4 is 10.1 Å². The maximum Gasteiger partial charge on any atom is 0.169 e. The van der Waals surface area contributed by atoms with E-state index >= 15 is 0 Å². The molecule has 1 atom stereocenters. The highest BCUT2D eigenvalue weighted by Gasteiger charge is 2.13. The zero-order valence-corrected chi connectivity index (χ0v) is 16.1. The first kappa shape index (κ1) is 19.2. The van der Waals surface area contributed by atoms with Crippen LogP contribution in [0.2, 0.25) is 0 Å². The van der Waals surface area contributed by atoms with Gasteiger partial charge in [0.05, 0.1) is 6.61 Å². The minimum Gasteiger partial charge on any atom is -0.494 e. The highest BCUT2D eigenvalue weighted by atomic mass is 32.1. The molecular weight excluding hydrogens is 330 g/mol. The molecule has 4 nitrogen and oxygen atoms in total. The lowest BCUT2D eigenvalue weighted by atomic mass is 10.2. The second-order valence-electron chi connectivity index (χ2n) is 6.05. The fourth-order valence-electron chi connectivity index (χ4n) is 2.39. The number of nitrogens with one attached hydrogen (secondary N) is 1. The zero-order valence-electron chi connectivity index (χ0n) is 15.2. The number of pyridine rings is 1. The molecule has 0 saturated heterocycles. The second kappa shape index (κ2) is 9.99. The summed E-state index contributed by atoms with van der Waals surface area (Å²) in [7, 11) is 0. The highest BCUT2D eigenvalue weighted by molar-refractivity contribution is 7.80. The molecule has 1 heterocycles. The number of rotatable bonds is 8. The number of ether oxygens (including phenoxy) is 1. The molecule has 134 valence electrons. The molecule has 1 aromatic carbocycles. The molecule has 0 amide bonds. The Morgan fingerprint density at radius 3 is 2.48 bits per heavy atom.